The molecule has 0 aliphatic carbocycles. The molecule has 0 aliphatic heterocycles. The van der Waals surface area contributed by atoms with E-state index in [1.165, 1.54) is 6.20 Å². The van der Waals surface area contributed by atoms with Crippen molar-refractivity contribution in [3.8, 4) is 0 Å². The van der Waals surface area contributed by atoms with Gasteiger partial charge in [0.2, 0.25) is 5.78 Å². The molecule has 0 unspecified atom stereocenters. The van der Waals surface area contributed by atoms with E-state index in [0.717, 1.165) is 9.99 Å². The number of carbonyl (C=O) groups excluding carboxylic acids is 1. The van der Waals surface area contributed by atoms with Gasteiger partial charge in [0.1, 0.15) is 5.69 Å². The average molecular weight is 376 g/mol. The van der Waals surface area contributed by atoms with Crippen molar-refractivity contribution in [1.29, 1.82) is 0 Å². The van der Waals surface area contributed by atoms with Gasteiger partial charge in [-0.15, -0.1) is 5.10 Å². The predicted molar refractivity (Wildman–Crippen MR) is 77.9 cm³/mol. The fourth-order valence-corrected chi connectivity index (χ4v) is 2.11. The van der Waals surface area contributed by atoms with Crippen molar-refractivity contribution < 1.29 is 4.79 Å². The van der Waals surface area contributed by atoms with Crippen molar-refractivity contribution in [2.45, 2.75) is 19.9 Å². The van der Waals surface area contributed by atoms with Crippen molar-refractivity contribution in [2.24, 2.45) is 0 Å². The molecule has 1 heterocycles. The van der Waals surface area contributed by atoms with Gasteiger partial charge in [0.05, 0.1) is 11.2 Å². The van der Waals surface area contributed by atoms with Gasteiger partial charge in [-0.05, 0) is 47.2 Å². The number of carbonyl (C=O) groups is 1. The van der Waals surface area contributed by atoms with Gasteiger partial charge in [-0.25, -0.2) is 4.68 Å². The van der Waals surface area contributed by atoms with Gasteiger partial charge in [-0.1, -0.05) is 23.7 Å². The molecule has 1 aromatic heterocycles. The first-order valence-electron chi connectivity index (χ1n) is 5.51. The smallest absolute Gasteiger partial charge is 0.212 e. The number of benzene rings is 1. The molecule has 0 N–H and O–H groups in total. The molecule has 0 bridgehead atoms. The highest BCUT2D eigenvalue weighted by Gasteiger charge is 2.15. The maximum Gasteiger partial charge on any atom is 0.212 e. The molecule has 2 aromatic rings. The first-order chi connectivity index (χ1) is 8.63. The van der Waals surface area contributed by atoms with E-state index >= 15 is 0 Å². The van der Waals surface area contributed by atoms with Crippen LogP contribution in [0.1, 0.15) is 29.4 Å². The van der Waals surface area contributed by atoms with Crippen LogP contribution in [0.25, 0.3) is 0 Å². The van der Waals surface area contributed by atoms with Crippen molar-refractivity contribution in [3.05, 3.63) is 44.2 Å². The minimum atomic E-state index is -0.105. The number of nitrogens with zero attached hydrogens (tertiary/aromatic N) is 3. The van der Waals surface area contributed by atoms with Crippen LogP contribution in [0.4, 0.5) is 0 Å². The zero-order valence-electron chi connectivity index (χ0n) is 9.73. The fraction of sp³-hybridized carbons (Fsp3) is 0.250. The highest BCUT2D eigenvalue weighted by atomic mass is 127. The van der Waals surface area contributed by atoms with Crippen LogP contribution in [0, 0.1) is 3.57 Å². The summed E-state index contributed by atoms with van der Waals surface area (Å²) in [6.45, 7) is 2.71. The Morgan fingerprint density at radius 2 is 2.28 bits per heavy atom. The van der Waals surface area contributed by atoms with Gasteiger partial charge in [0, 0.05) is 15.7 Å². The number of halogens is 2. The summed E-state index contributed by atoms with van der Waals surface area (Å²) in [5.74, 6) is -0.105. The molecule has 0 saturated carbocycles. The number of hydrogen-bond donors (Lipinski definition) is 0. The first kappa shape index (κ1) is 13.5. The fourth-order valence-electron chi connectivity index (χ4n) is 1.60. The molecule has 18 heavy (non-hydrogen) atoms. The Labute approximate surface area is 123 Å². The van der Waals surface area contributed by atoms with E-state index in [0.29, 0.717) is 22.8 Å². The van der Waals surface area contributed by atoms with Crippen LogP contribution in [-0.4, -0.2) is 20.8 Å². The van der Waals surface area contributed by atoms with Gasteiger partial charge in [-0.2, -0.15) is 0 Å². The Balaban J connectivity index is 2.35. The molecule has 4 nitrogen and oxygen atoms in total. The van der Waals surface area contributed by atoms with Gasteiger partial charge in [-0.3, -0.25) is 4.79 Å². The first-order valence-corrected chi connectivity index (χ1v) is 6.97. The van der Waals surface area contributed by atoms with E-state index in [-0.39, 0.29) is 5.78 Å². The SMILES string of the molecule is CCCn1nncc1C(=O)c1ccc(I)c(Cl)c1. The van der Waals surface area contributed by atoms with Gasteiger partial charge in [0.15, 0.2) is 0 Å². The van der Waals surface area contributed by atoms with E-state index in [9.17, 15) is 4.79 Å². The summed E-state index contributed by atoms with van der Waals surface area (Å²) < 4.78 is 2.54. The molecule has 0 aliphatic rings. The second kappa shape index (κ2) is 5.79. The van der Waals surface area contributed by atoms with Crippen molar-refractivity contribution in [3.63, 3.8) is 0 Å². The second-order valence-corrected chi connectivity index (χ2v) is 5.37. The Bertz CT molecular complexity index is 582. The molecular weight excluding hydrogens is 365 g/mol. The van der Waals surface area contributed by atoms with E-state index < -0.39 is 0 Å². The van der Waals surface area contributed by atoms with Crippen molar-refractivity contribution in [1.82, 2.24) is 15.0 Å². The summed E-state index contributed by atoms with van der Waals surface area (Å²) in [6.07, 6.45) is 2.39. The van der Waals surface area contributed by atoms with Crippen LogP contribution in [0.2, 0.25) is 5.02 Å². The minimum absolute atomic E-state index is 0.105. The molecule has 0 saturated heterocycles. The average Bonchev–Trinajstić information content (AvgIpc) is 2.80. The zero-order valence-corrected chi connectivity index (χ0v) is 12.6. The topological polar surface area (TPSA) is 47.8 Å². The lowest BCUT2D eigenvalue weighted by Gasteiger charge is -2.05. The zero-order chi connectivity index (χ0) is 13.1. The Morgan fingerprint density at radius 3 is 2.94 bits per heavy atom. The van der Waals surface area contributed by atoms with Crippen LogP contribution in [0.3, 0.4) is 0 Å². The summed E-state index contributed by atoms with van der Waals surface area (Å²) in [5, 5.41) is 8.27. The lowest BCUT2D eigenvalue weighted by molar-refractivity contribution is 0.102. The van der Waals surface area contributed by atoms with Crippen LogP contribution < -0.4 is 0 Å². The number of rotatable bonds is 4. The molecule has 2 rings (SSSR count). The molecule has 6 heteroatoms. The normalized spacial score (nSPS) is 10.6. The lowest BCUT2D eigenvalue weighted by Crippen LogP contribution is -2.11. The molecule has 0 fully saturated rings. The quantitative estimate of drug-likeness (QED) is 0.609. The number of aryl methyl sites for hydroxylation is 1. The van der Waals surface area contributed by atoms with Crippen molar-refractivity contribution in [2.75, 3.05) is 0 Å². The van der Waals surface area contributed by atoms with Gasteiger partial charge in [0.25, 0.3) is 0 Å². The predicted octanol–water partition coefficient (Wildman–Crippen LogP) is 3.18. The summed E-state index contributed by atoms with van der Waals surface area (Å²) in [7, 11) is 0. The van der Waals surface area contributed by atoms with Crippen LogP contribution in [0.15, 0.2) is 24.4 Å². The maximum absolute atomic E-state index is 12.3. The highest BCUT2D eigenvalue weighted by Crippen LogP contribution is 2.21. The molecule has 94 valence electrons. The van der Waals surface area contributed by atoms with Gasteiger partial charge < -0.3 is 0 Å². The number of ketones is 1. The number of aromatic nitrogens is 3. The summed E-state index contributed by atoms with van der Waals surface area (Å²) in [4.78, 5) is 12.3. The van der Waals surface area contributed by atoms with E-state index in [1.807, 2.05) is 13.0 Å². The maximum atomic E-state index is 12.3. The van der Waals surface area contributed by atoms with Gasteiger partial charge >= 0.3 is 0 Å². The largest absolute Gasteiger partial charge is 0.287 e. The Morgan fingerprint density at radius 1 is 1.50 bits per heavy atom. The molecule has 0 radical (unpaired) electrons. The van der Waals surface area contributed by atoms with Crippen LogP contribution >= 0.6 is 34.2 Å². The molecule has 0 spiro atoms. The summed E-state index contributed by atoms with van der Waals surface area (Å²) in [5.41, 5.74) is 1.05. The van der Waals surface area contributed by atoms with Crippen molar-refractivity contribution >= 4 is 40.0 Å². The second-order valence-electron chi connectivity index (χ2n) is 3.80. The third-order valence-electron chi connectivity index (χ3n) is 2.47. The molecular formula is C12H11ClIN3O. The Hall–Kier alpha value is -0.950. The standard InChI is InChI=1S/C12H11ClIN3O/c1-2-5-17-11(7-15-16-17)12(18)8-3-4-10(14)9(13)6-8/h3-4,6-7H,2,5H2,1H3. The third kappa shape index (κ3) is 2.72. The number of hydrogen-bond acceptors (Lipinski definition) is 3. The molecule has 0 atom stereocenters. The minimum Gasteiger partial charge on any atom is -0.287 e. The monoisotopic (exact) mass is 375 g/mol. The van der Waals surface area contributed by atoms with Crippen LogP contribution in [0.5, 0.6) is 0 Å². The van der Waals surface area contributed by atoms with Crippen LogP contribution in [-0.2, 0) is 6.54 Å². The molecule has 0 amide bonds. The van der Waals surface area contributed by atoms with E-state index in [4.69, 9.17) is 11.6 Å². The van der Waals surface area contributed by atoms with E-state index in [2.05, 4.69) is 32.9 Å². The Kier molecular flexibility index (Phi) is 4.34. The van der Waals surface area contributed by atoms with E-state index in [1.54, 1.807) is 16.8 Å². The lowest BCUT2D eigenvalue weighted by atomic mass is 10.1. The highest BCUT2D eigenvalue weighted by molar-refractivity contribution is 14.1. The summed E-state index contributed by atoms with van der Waals surface area (Å²) in [6, 6.07) is 5.26. The molecule has 1 aromatic carbocycles. The summed E-state index contributed by atoms with van der Waals surface area (Å²) >= 11 is 8.15. The third-order valence-corrected chi connectivity index (χ3v) is 4.04.